The van der Waals surface area contributed by atoms with Crippen LogP contribution in [0.5, 0.6) is 0 Å². The molecule has 0 aromatic rings. The van der Waals surface area contributed by atoms with E-state index in [1.165, 1.54) is 6.42 Å². The SMILES string of the molecule is COCC(C)CCC(C)OC. The second kappa shape index (κ2) is 6.62. The van der Waals surface area contributed by atoms with Gasteiger partial charge in [0.05, 0.1) is 6.10 Å². The molecule has 68 valence electrons. The van der Waals surface area contributed by atoms with Crippen molar-refractivity contribution < 1.29 is 9.47 Å². The Bertz CT molecular complexity index is 83.6. The van der Waals surface area contributed by atoms with E-state index in [1.54, 1.807) is 14.2 Å². The van der Waals surface area contributed by atoms with Crippen molar-refractivity contribution in [2.24, 2.45) is 5.92 Å². The third-order valence-corrected chi connectivity index (χ3v) is 1.92. The lowest BCUT2D eigenvalue weighted by molar-refractivity contribution is 0.0946. The maximum atomic E-state index is 5.14. The summed E-state index contributed by atoms with van der Waals surface area (Å²) in [6.07, 6.45) is 2.69. The molecule has 0 bridgehead atoms. The predicted octanol–water partition coefficient (Wildman–Crippen LogP) is 2.08. The van der Waals surface area contributed by atoms with Gasteiger partial charge in [-0.1, -0.05) is 6.92 Å². The molecule has 0 aliphatic heterocycles. The average molecular weight is 160 g/mol. The van der Waals surface area contributed by atoms with Gasteiger partial charge in [-0.3, -0.25) is 0 Å². The van der Waals surface area contributed by atoms with E-state index < -0.39 is 0 Å². The van der Waals surface area contributed by atoms with Crippen molar-refractivity contribution in [2.75, 3.05) is 20.8 Å². The average Bonchev–Trinajstić information content (AvgIpc) is 2.01. The Kier molecular flexibility index (Phi) is 6.57. The molecule has 11 heavy (non-hydrogen) atoms. The summed E-state index contributed by atoms with van der Waals surface area (Å²) in [4.78, 5) is 0. The van der Waals surface area contributed by atoms with Gasteiger partial charge < -0.3 is 9.47 Å². The monoisotopic (exact) mass is 160 g/mol. The zero-order valence-corrected chi connectivity index (χ0v) is 8.09. The van der Waals surface area contributed by atoms with Crippen LogP contribution in [0.4, 0.5) is 0 Å². The summed E-state index contributed by atoms with van der Waals surface area (Å²) in [6, 6.07) is 0. The van der Waals surface area contributed by atoms with Crippen LogP contribution in [-0.4, -0.2) is 26.9 Å². The van der Waals surface area contributed by atoms with Crippen LogP contribution < -0.4 is 0 Å². The van der Waals surface area contributed by atoms with Crippen molar-refractivity contribution in [1.82, 2.24) is 0 Å². The van der Waals surface area contributed by atoms with Crippen LogP contribution >= 0.6 is 0 Å². The molecular weight excluding hydrogens is 140 g/mol. The van der Waals surface area contributed by atoms with Crippen LogP contribution in [0.2, 0.25) is 0 Å². The molecule has 0 radical (unpaired) electrons. The maximum Gasteiger partial charge on any atom is 0.0543 e. The quantitative estimate of drug-likeness (QED) is 0.592. The molecule has 2 heteroatoms. The molecule has 0 aromatic carbocycles. The largest absolute Gasteiger partial charge is 0.384 e. The Balaban J connectivity index is 3.22. The fraction of sp³-hybridized carbons (Fsp3) is 1.00. The second-order valence-corrected chi connectivity index (χ2v) is 3.18. The van der Waals surface area contributed by atoms with Crippen molar-refractivity contribution in [3.05, 3.63) is 0 Å². The van der Waals surface area contributed by atoms with E-state index in [0.29, 0.717) is 12.0 Å². The number of hydrogen-bond acceptors (Lipinski definition) is 2. The van der Waals surface area contributed by atoms with Gasteiger partial charge in [0.2, 0.25) is 0 Å². The van der Waals surface area contributed by atoms with Crippen LogP contribution in [0.1, 0.15) is 26.7 Å². The molecule has 0 aromatic heterocycles. The van der Waals surface area contributed by atoms with Gasteiger partial charge in [0.25, 0.3) is 0 Å². The fourth-order valence-electron chi connectivity index (χ4n) is 1.00. The van der Waals surface area contributed by atoms with E-state index in [0.717, 1.165) is 13.0 Å². The first-order valence-corrected chi connectivity index (χ1v) is 4.22. The minimum Gasteiger partial charge on any atom is -0.384 e. The van der Waals surface area contributed by atoms with E-state index in [9.17, 15) is 0 Å². The highest BCUT2D eigenvalue weighted by Crippen LogP contribution is 2.09. The summed E-state index contributed by atoms with van der Waals surface area (Å²) in [5, 5.41) is 0. The summed E-state index contributed by atoms with van der Waals surface area (Å²) in [5.41, 5.74) is 0. The van der Waals surface area contributed by atoms with Crippen LogP contribution in [0.25, 0.3) is 0 Å². The first kappa shape index (κ1) is 10.9. The first-order valence-electron chi connectivity index (χ1n) is 4.22. The summed E-state index contributed by atoms with van der Waals surface area (Å²) >= 11 is 0. The van der Waals surface area contributed by atoms with Crippen LogP contribution in [0.3, 0.4) is 0 Å². The third kappa shape index (κ3) is 6.32. The molecule has 2 atom stereocenters. The van der Waals surface area contributed by atoms with E-state index in [4.69, 9.17) is 9.47 Å². The zero-order chi connectivity index (χ0) is 8.69. The van der Waals surface area contributed by atoms with Gasteiger partial charge in [0, 0.05) is 20.8 Å². The maximum absolute atomic E-state index is 5.14. The Morgan fingerprint density at radius 2 is 1.73 bits per heavy atom. The van der Waals surface area contributed by atoms with Gasteiger partial charge in [-0.15, -0.1) is 0 Å². The molecule has 0 saturated heterocycles. The Morgan fingerprint density at radius 3 is 2.18 bits per heavy atom. The van der Waals surface area contributed by atoms with Crippen LogP contribution in [0, 0.1) is 5.92 Å². The van der Waals surface area contributed by atoms with Gasteiger partial charge in [-0.05, 0) is 25.7 Å². The first-order chi connectivity index (χ1) is 5.20. The summed E-state index contributed by atoms with van der Waals surface area (Å²) in [6.45, 7) is 5.15. The topological polar surface area (TPSA) is 18.5 Å². The van der Waals surface area contributed by atoms with Crippen molar-refractivity contribution in [1.29, 1.82) is 0 Å². The summed E-state index contributed by atoms with van der Waals surface area (Å²) in [5.74, 6) is 0.651. The number of ether oxygens (including phenoxy) is 2. The van der Waals surface area contributed by atoms with Crippen LogP contribution in [0.15, 0.2) is 0 Å². The van der Waals surface area contributed by atoms with Crippen molar-refractivity contribution >= 4 is 0 Å². The van der Waals surface area contributed by atoms with Gasteiger partial charge in [0.15, 0.2) is 0 Å². The predicted molar refractivity (Wildman–Crippen MR) is 46.7 cm³/mol. The van der Waals surface area contributed by atoms with E-state index in [1.807, 2.05) is 0 Å². The highest BCUT2D eigenvalue weighted by atomic mass is 16.5. The van der Waals surface area contributed by atoms with Crippen LogP contribution in [-0.2, 0) is 9.47 Å². The van der Waals surface area contributed by atoms with E-state index in [-0.39, 0.29) is 0 Å². The molecule has 0 fully saturated rings. The number of rotatable bonds is 6. The van der Waals surface area contributed by atoms with Crippen molar-refractivity contribution in [2.45, 2.75) is 32.8 Å². The van der Waals surface area contributed by atoms with E-state index in [2.05, 4.69) is 13.8 Å². The Labute approximate surface area is 69.9 Å². The number of hydrogen-bond donors (Lipinski definition) is 0. The standard InChI is InChI=1S/C9H20O2/c1-8(7-10-3)5-6-9(2)11-4/h8-9H,5-7H2,1-4H3. The normalized spacial score (nSPS) is 16.4. The van der Waals surface area contributed by atoms with Crippen molar-refractivity contribution in [3.63, 3.8) is 0 Å². The molecule has 0 aliphatic rings. The highest BCUT2D eigenvalue weighted by Gasteiger charge is 2.04. The summed E-state index contributed by atoms with van der Waals surface area (Å²) in [7, 11) is 3.50. The van der Waals surface area contributed by atoms with Gasteiger partial charge >= 0.3 is 0 Å². The lowest BCUT2D eigenvalue weighted by atomic mass is 10.0. The Hall–Kier alpha value is -0.0800. The lowest BCUT2D eigenvalue weighted by Gasteiger charge is -2.13. The van der Waals surface area contributed by atoms with Gasteiger partial charge in [0.1, 0.15) is 0 Å². The molecule has 0 saturated carbocycles. The zero-order valence-electron chi connectivity index (χ0n) is 8.09. The molecule has 0 N–H and O–H groups in total. The molecule has 0 spiro atoms. The van der Waals surface area contributed by atoms with Gasteiger partial charge in [-0.2, -0.15) is 0 Å². The fourth-order valence-corrected chi connectivity index (χ4v) is 1.00. The molecule has 2 unspecified atom stereocenters. The minimum absolute atomic E-state index is 0.384. The number of methoxy groups -OCH3 is 2. The molecule has 0 rings (SSSR count). The second-order valence-electron chi connectivity index (χ2n) is 3.18. The summed E-state index contributed by atoms with van der Waals surface area (Å²) < 4.78 is 10.2. The minimum atomic E-state index is 0.384. The third-order valence-electron chi connectivity index (χ3n) is 1.92. The smallest absolute Gasteiger partial charge is 0.0543 e. The Morgan fingerprint density at radius 1 is 1.09 bits per heavy atom. The molecule has 0 heterocycles. The molecule has 2 nitrogen and oxygen atoms in total. The van der Waals surface area contributed by atoms with E-state index >= 15 is 0 Å². The molecular formula is C9H20O2. The molecule has 0 amide bonds. The lowest BCUT2D eigenvalue weighted by Crippen LogP contribution is -2.10. The van der Waals surface area contributed by atoms with Crippen molar-refractivity contribution in [3.8, 4) is 0 Å². The highest BCUT2D eigenvalue weighted by molar-refractivity contribution is 4.55. The van der Waals surface area contributed by atoms with Gasteiger partial charge in [-0.25, -0.2) is 0 Å². The molecule has 0 aliphatic carbocycles.